The Hall–Kier alpha value is -1.84. The quantitative estimate of drug-likeness (QED) is 0.874. The maximum atomic E-state index is 11.4. The molecule has 0 bridgehead atoms. The molecule has 0 saturated heterocycles. The van der Waals surface area contributed by atoms with Gasteiger partial charge in [-0.3, -0.25) is 0 Å². The van der Waals surface area contributed by atoms with Gasteiger partial charge in [-0.05, 0) is 36.5 Å². The smallest absolute Gasteiger partial charge is 0.336 e. The van der Waals surface area contributed by atoms with Crippen molar-refractivity contribution in [1.29, 1.82) is 0 Å². The molecule has 0 aromatic heterocycles. The molecule has 0 aliphatic heterocycles. The van der Waals surface area contributed by atoms with E-state index in [0.29, 0.717) is 11.5 Å². The summed E-state index contributed by atoms with van der Waals surface area (Å²) >= 11 is 0. The minimum absolute atomic E-state index is 0.0765. The van der Waals surface area contributed by atoms with E-state index in [1.165, 1.54) is 18.9 Å². The standard InChI is InChI=1S/C15H18O4/c1-9-12(14(16)17)7-6-11(13(9)15(18)19)8-10-4-2-3-5-10/h6-7,10H,2-5,8H2,1H3,(H,16,17)(H,18,19). The molecule has 102 valence electrons. The first-order chi connectivity index (χ1) is 9.00. The summed E-state index contributed by atoms with van der Waals surface area (Å²) in [5, 5.41) is 18.4. The number of hydrogen-bond acceptors (Lipinski definition) is 2. The van der Waals surface area contributed by atoms with Crippen LogP contribution in [-0.4, -0.2) is 22.2 Å². The first kappa shape index (κ1) is 13.6. The number of carbonyl (C=O) groups is 2. The van der Waals surface area contributed by atoms with Crippen molar-refractivity contribution in [2.75, 3.05) is 0 Å². The lowest BCUT2D eigenvalue weighted by Crippen LogP contribution is -2.12. The number of carboxylic acids is 2. The van der Waals surface area contributed by atoms with Gasteiger partial charge in [0.05, 0.1) is 11.1 Å². The zero-order chi connectivity index (χ0) is 14.0. The van der Waals surface area contributed by atoms with Crippen molar-refractivity contribution in [3.8, 4) is 0 Å². The molecule has 0 amide bonds. The molecule has 4 heteroatoms. The second-order valence-corrected chi connectivity index (χ2v) is 5.24. The lowest BCUT2D eigenvalue weighted by atomic mass is 9.90. The molecule has 1 aliphatic rings. The Morgan fingerprint density at radius 1 is 1.16 bits per heavy atom. The third-order valence-corrected chi connectivity index (χ3v) is 3.98. The van der Waals surface area contributed by atoms with Gasteiger partial charge in [-0.2, -0.15) is 0 Å². The minimum Gasteiger partial charge on any atom is -0.478 e. The Morgan fingerprint density at radius 2 is 1.79 bits per heavy atom. The number of rotatable bonds is 4. The van der Waals surface area contributed by atoms with Gasteiger partial charge in [0.1, 0.15) is 0 Å². The first-order valence-corrected chi connectivity index (χ1v) is 6.59. The highest BCUT2D eigenvalue weighted by atomic mass is 16.4. The molecule has 1 aromatic carbocycles. The van der Waals surface area contributed by atoms with Crippen molar-refractivity contribution in [2.45, 2.75) is 39.0 Å². The average Bonchev–Trinajstić information content (AvgIpc) is 2.80. The zero-order valence-electron chi connectivity index (χ0n) is 11.0. The fraction of sp³-hybridized carbons (Fsp3) is 0.467. The van der Waals surface area contributed by atoms with Crippen molar-refractivity contribution < 1.29 is 19.8 Å². The zero-order valence-corrected chi connectivity index (χ0v) is 11.0. The second-order valence-electron chi connectivity index (χ2n) is 5.24. The number of carboxylic acid groups (broad SMARTS) is 2. The van der Waals surface area contributed by atoms with Gasteiger partial charge in [-0.15, -0.1) is 0 Å². The molecule has 0 spiro atoms. The van der Waals surface area contributed by atoms with E-state index in [0.717, 1.165) is 24.8 Å². The average molecular weight is 262 g/mol. The number of hydrogen-bond donors (Lipinski definition) is 2. The summed E-state index contributed by atoms with van der Waals surface area (Å²) in [5.41, 5.74) is 1.37. The Balaban J connectivity index is 2.39. The Labute approximate surface area is 112 Å². The summed E-state index contributed by atoms with van der Waals surface area (Å²) in [6.07, 6.45) is 5.43. The third kappa shape index (κ3) is 2.78. The van der Waals surface area contributed by atoms with Crippen LogP contribution in [-0.2, 0) is 6.42 Å². The van der Waals surface area contributed by atoms with E-state index in [1.807, 2.05) is 0 Å². The summed E-state index contributed by atoms with van der Waals surface area (Å²) in [4.78, 5) is 22.5. The summed E-state index contributed by atoms with van der Waals surface area (Å²) in [7, 11) is 0. The SMILES string of the molecule is Cc1c(C(=O)O)ccc(CC2CCCC2)c1C(=O)O. The largest absolute Gasteiger partial charge is 0.478 e. The summed E-state index contributed by atoms with van der Waals surface area (Å²) in [5.74, 6) is -1.57. The molecular formula is C15H18O4. The fourth-order valence-electron chi connectivity index (χ4n) is 2.99. The second kappa shape index (κ2) is 5.43. The van der Waals surface area contributed by atoms with Crippen LogP contribution in [0.25, 0.3) is 0 Å². The van der Waals surface area contributed by atoms with Crippen LogP contribution in [0.1, 0.15) is 57.5 Å². The Bertz CT molecular complexity index is 513. The van der Waals surface area contributed by atoms with Gasteiger partial charge in [-0.1, -0.05) is 31.7 Å². The van der Waals surface area contributed by atoms with Crippen molar-refractivity contribution in [3.63, 3.8) is 0 Å². The summed E-state index contributed by atoms with van der Waals surface area (Å²) in [6.45, 7) is 1.57. The third-order valence-electron chi connectivity index (χ3n) is 3.98. The normalized spacial score (nSPS) is 15.6. The molecule has 1 aliphatic carbocycles. The van der Waals surface area contributed by atoms with Gasteiger partial charge in [-0.25, -0.2) is 9.59 Å². The molecule has 0 atom stereocenters. The van der Waals surface area contributed by atoms with E-state index in [4.69, 9.17) is 5.11 Å². The van der Waals surface area contributed by atoms with E-state index < -0.39 is 11.9 Å². The topological polar surface area (TPSA) is 74.6 Å². The van der Waals surface area contributed by atoms with Gasteiger partial charge in [0.2, 0.25) is 0 Å². The van der Waals surface area contributed by atoms with Crippen LogP contribution < -0.4 is 0 Å². The van der Waals surface area contributed by atoms with Gasteiger partial charge >= 0.3 is 11.9 Å². The van der Waals surface area contributed by atoms with Crippen molar-refractivity contribution >= 4 is 11.9 Å². The van der Waals surface area contributed by atoms with Gasteiger partial charge in [0.15, 0.2) is 0 Å². The monoisotopic (exact) mass is 262 g/mol. The highest BCUT2D eigenvalue weighted by Gasteiger charge is 2.22. The molecule has 1 fully saturated rings. The van der Waals surface area contributed by atoms with Crippen LogP contribution in [0.2, 0.25) is 0 Å². The molecule has 2 rings (SSSR count). The molecule has 4 nitrogen and oxygen atoms in total. The molecule has 1 saturated carbocycles. The van der Waals surface area contributed by atoms with Gasteiger partial charge < -0.3 is 10.2 Å². The molecule has 2 N–H and O–H groups in total. The highest BCUT2D eigenvalue weighted by Crippen LogP contribution is 2.30. The lowest BCUT2D eigenvalue weighted by Gasteiger charge is -2.14. The van der Waals surface area contributed by atoms with Crippen LogP contribution in [0.15, 0.2) is 12.1 Å². The molecule has 19 heavy (non-hydrogen) atoms. The van der Waals surface area contributed by atoms with Crippen LogP contribution in [0, 0.1) is 12.8 Å². The maximum absolute atomic E-state index is 11.4. The number of benzene rings is 1. The predicted octanol–water partition coefficient (Wildman–Crippen LogP) is 3.12. The van der Waals surface area contributed by atoms with Gasteiger partial charge in [0, 0.05) is 0 Å². The van der Waals surface area contributed by atoms with E-state index in [-0.39, 0.29) is 11.1 Å². The van der Waals surface area contributed by atoms with E-state index in [2.05, 4.69) is 0 Å². The highest BCUT2D eigenvalue weighted by molar-refractivity contribution is 5.97. The maximum Gasteiger partial charge on any atom is 0.336 e. The molecule has 1 aromatic rings. The molecular weight excluding hydrogens is 244 g/mol. The molecule has 0 radical (unpaired) electrons. The molecule has 0 heterocycles. The Morgan fingerprint density at radius 3 is 2.32 bits per heavy atom. The fourth-order valence-corrected chi connectivity index (χ4v) is 2.99. The molecule has 0 unspecified atom stereocenters. The Kier molecular flexibility index (Phi) is 3.88. The van der Waals surface area contributed by atoms with Crippen LogP contribution >= 0.6 is 0 Å². The summed E-state index contributed by atoms with van der Waals surface area (Å²) in [6, 6.07) is 3.19. The van der Waals surface area contributed by atoms with Crippen LogP contribution in [0.5, 0.6) is 0 Å². The minimum atomic E-state index is -1.08. The van der Waals surface area contributed by atoms with Crippen molar-refractivity contribution in [1.82, 2.24) is 0 Å². The lowest BCUT2D eigenvalue weighted by molar-refractivity contribution is 0.0694. The van der Waals surface area contributed by atoms with Gasteiger partial charge in [0.25, 0.3) is 0 Å². The van der Waals surface area contributed by atoms with Crippen molar-refractivity contribution in [3.05, 3.63) is 34.4 Å². The summed E-state index contributed by atoms with van der Waals surface area (Å²) < 4.78 is 0. The number of aromatic carboxylic acids is 2. The van der Waals surface area contributed by atoms with Crippen LogP contribution in [0.3, 0.4) is 0 Å². The predicted molar refractivity (Wildman–Crippen MR) is 70.8 cm³/mol. The van der Waals surface area contributed by atoms with Crippen molar-refractivity contribution in [2.24, 2.45) is 5.92 Å². The van der Waals surface area contributed by atoms with E-state index in [1.54, 1.807) is 13.0 Å². The van der Waals surface area contributed by atoms with E-state index >= 15 is 0 Å². The first-order valence-electron chi connectivity index (χ1n) is 6.59. The van der Waals surface area contributed by atoms with E-state index in [9.17, 15) is 14.7 Å². The van der Waals surface area contributed by atoms with Crippen LogP contribution in [0.4, 0.5) is 0 Å².